The molecule has 2 aromatic heterocycles. The van der Waals surface area contributed by atoms with E-state index in [2.05, 4.69) is 51.5 Å². The molecule has 3 aliphatic heterocycles. The number of rotatable bonds is 3. The van der Waals surface area contributed by atoms with E-state index < -0.39 is 0 Å². The molecule has 7 heteroatoms. The third kappa shape index (κ3) is 3.29. The van der Waals surface area contributed by atoms with Gasteiger partial charge in [-0.15, -0.1) is 0 Å². The zero-order chi connectivity index (χ0) is 20.9. The molecule has 1 aromatic carbocycles. The average Bonchev–Trinajstić information content (AvgIpc) is 3.15. The fraction of sp³-hybridized carbons (Fsp3) is 0.375. The maximum Gasteiger partial charge on any atom is 0.344 e. The molecule has 31 heavy (non-hydrogen) atoms. The van der Waals surface area contributed by atoms with Crippen molar-refractivity contribution in [3.05, 3.63) is 58.8 Å². The number of anilines is 1. The van der Waals surface area contributed by atoms with Gasteiger partial charge in [0.1, 0.15) is 12.4 Å². The summed E-state index contributed by atoms with van der Waals surface area (Å²) in [7, 11) is 2.16. The van der Waals surface area contributed by atoms with Gasteiger partial charge in [-0.3, -0.25) is 0 Å². The van der Waals surface area contributed by atoms with Crippen LogP contribution in [0.5, 0.6) is 5.88 Å². The number of fused-ring (bicyclic) bond motifs is 5. The fourth-order valence-corrected chi connectivity index (χ4v) is 5.27. The Morgan fingerprint density at radius 2 is 1.87 bits per heavy atom. The van der Waals surface area contributed by atoms with Crippen molar-refractivity contribution >= 4 is 5.82 Å². The molecule has 3 aliphatic rings. The zero-order valence-electron chi connectivity index (χ0n) is 17.5. The molecule has 3 atom stereocenters. The second-order valence-electron chi connectivity index (χ2n) is 8.86. The molecule has 0 saturated carbocycles. The van der Waals surface area contributed by atoms with Crippen molar-refractivity contribution in [2.24, 2.45) is 0 Å². The lowest BCUT2D eigenvalue weighted by molar-refractivity contribution is 0.289. The third-order valence-corrected chi connectivity index (χ3v) is 6.97. The monoisotopic (exact) mass is 415 g/mol. The van der Waals surface area contributed by atoms with Crippen LogP contribution in [0.1, 0.15) is 31.2 Å². The van der Waals surface area contributed by atoms with Crippen LogP contribution >= 0.6 is 0 Å². The Morgan fingerprint density at radius 1 is 1.06 bits per heavy atom. The van der Waals surface area contributed by atoms with E-state index in [9.17, 15) is 4.79 Å². The highest BCUT2D eigenvalue weighted by Gasteiger charge is 2.35. The van der Waals surface area contributed by atoms with Gasteiger partial charge in [-0.1, -0.05) is 12.1 Å². The van der Waals surface area contributed by atoms with Crippen molar-refractivity contribution in [2.45, 2.75) is 50.4 Å². The summed E-state index contributed by atoms with van der Waals surface area (Å²) < 4.78 is 6.07. The van der Waals surface area contributed by atoms with Crippen molar-refractivity contribution in [2.75, 3.05) is 11.9 Å². The maximum atomic E-state index is 11.2. The summed E-state index contributed by atoms with van der Waals surface area (Å²) in [6.07, 6.45) is 8.23. The number of hydrogen-bond donors (Lipinski definition) is 2. The molecule has 5 heterocycles. The van der Waals surface area contributed by atoms with Crippen molar-refractivity contribution in [1.82, 2.24) is 20.3 Å². The second kappa shape index (κ2) is 7.20. The molecule has 0 aliphatic carbocycles. The number of pyridine rings is 1. The summed E-state index contributed by atoms with van der Waals surface area (Å²) in [5.41, 5.74) is 4.80. The highest BCUT2D eigenvalue weighted by atomic mass is 16.5. The third-order valence-electron chi connectivity index (χ3n) is 6.97. The van der Waals surface area contributed by atoms with Crippen LogP contribution in [-0.2, 0) is 6.61 Å². The number of H-pyrrole nitrogens is 1. The molecule has 2 bridgehead atoms. The lowest BCUT2D eigenvalue weighted by Gasteiger charge is -2.36. The summed E-state index contributed by atoms with van der Waals surface area (Å²) in [4.78, 5) is 24.9. The van der Waals surface area contributed by atoms with Crippen LogP contribution in [0.3, 0.4) is 0 Å². The number of nitrogens with zero attached hydrogens (tertiary/aromatic N) is 3. The number of piperidine rings is 1. The van der Waals surface area contributed by atoms with Crippen molar-refractivity contribution in [3.63, 3.8) is 0 Å². The van der Waals surface area contributed by atoms with Gasteiger partial charge in [-0.25, -0.2) is 9.78 Å². The Balaban J connectivity index is 1.28. The van der Waals surface area contributed by atoms with Crippen molar-refractivity contribution < 1.29 is 4.74 Å². The van der Waals surface area contributed by atoms with Crippen LogP contribution in [0.2, 0.25) is 0 Å². The summed E-state index contributed by atoms with van der Waals surface area (Å²) in [6.45, 7) is 0.477. The fourth-order valence-electron chi connectivity index (χ4n) is 5.27. The quantitative estimate of drug-likeness (QED) is 0.684. The van der Waals surface area contributed by atoms with Gasteiger partial charge in [0.2, 0.25) is 5.88 Å². The number of aromatic nitrogens is 3. The van der Waals surface area contributed by atoms with Gasteiger partial charge in [-0.2, -0.15) is 4.98 Å². The first-order chi connectivity index (χ1) is 15.1. The molecule has 158 valence electrons. The van der Waals surface area contributed by atoms with E-state index in [1.807, 2.05) is 6.07 Å². The van der Waals surface area contributed by atoms with Gasteiger partial charge in [0, 0.05) is 48.7 Å². The standard InChI is InChI=1S/C24H25N5O2/c1-29(19-9-17-3-4-18(10-19)27-17)22-7-6-21-20-5-2-14(16-11-25-24(30)26-12-16)8-15(20)13-31-23(21)28-22/h2,5-8,11-12,17-19,27H,3-4,9-10,13H2,1H3,(H,25,26,30)/t17-,18+,19?. The minimum atomic E-state index is -0.344. The highest BCUT2D eigenvalue weighted by molar-refractivity contribution is 5.78. The van der Waals surface area contributed by atoms with E-state index in [0.717, 1.165) is 33.6 Å². The molecular weight excluding hydrogens is 390 g/mol. The molecule has 0 radical (unpaired) electrons. The lowest BCUT2D eigenvalue weighted by Crippen LogP contribution is -2.47. The zero-order valence-corrected chi connectivity index (χ0v) is 17.5. The Bertz CT molecular complexity index is 1170. The normalized spacial score (nSPS) is 23.6. The van der Waals surface area contributed by atoms with Gasteiger partial charge >= 0.3 is 5.69 Å². The summed E-state index contributed by atoms with van der Waals surface area (Å²) in [5.74, 6) is 1.68. The molecule has 0 spiro atoms. The molecule has 3 aromatic rings. The molecule has 2 fully saturated rings. The first-order valence-corrected chi connectivity index (χ1v) is 11.0. The molecule has 1 unspecified atom stereocenters. The van der Waals surface area contributed by atoms with Gasteiger partial charge < -0.3 is 19.9 Å². The first-order valence-electron chi connectivity index (χ1n) is 11.0. The van der Waals surface area contributed by atoms with Crippen LogP contribution in [0.15, 0.2) is 47.5 Å². The lowest BCUT2D eigenvalue weighted by atomic mass is 9.95. The Labute approximate surface area is 180 Å². The number of nitrogens with one attached hydrogen (secondary N) is 2. The van der Waals surface area contributed by atoms with Crippen LogP contribution in [-0.4, -0.2) is 40.1 Å². The topological polar surface area (TPSA) is 83.1 Å². The van der Waals surface area contributed by atoms with Crippen LogP contribution in [0.4, 0.5) is 5.82 Å². The predicted octanol–water partition coefficient (Wildman–Crippen LogP) is 3.11. The van der Waals surface area contributed by atoms with Gasteiger partial charge in [0.15, 0.2) is 0 Å². The summed E-state index contributed by atoms with van der Waals surface area (Å²) >= 11 is 0. The van der Waals surface area contributed by atoms with E-state index in [0.29, 0.717) is 30.6 Å². The van der Waals surface area contributed by atoms with E-state index in [-0.39, 0.29) is 5.69 Å². The Kier molecular flexibility index (Phi) is 4.31. The van der Waals surface area contributed by atoms with Gasteiger partial charge in [0.05, 0.1) is 0 Å². The van der Waals surface area contributed by atoms with Gasteiger partial charge in [-0.05, 0) is 60.6 Å². The van der Waals surface area contributed by atoms with E-state index in [4.69, 9.17) is 9.72 Å². The molecule has 0 amide bonds. The SMILES string of the molecule is CN(c1ccc2c(n1)OCc1cc(-c3cnc(=O)[nH]c3)ccc1-2)C1C[C@H]2CC[C@@H](C1)N2. The smallest absolute Gasteiger partial charge is 0.344 e. The number of benzene rings is 1. The van der Waals surface area contributed by atoms with Crippen LogP contribution < -0.4 is 20.6 Å². The summed E-state index contributed by atoms with van der Waals surface area (Å²) in [6, 6.07) is 12.3. The molecular formula is C24H25N5O2. The number of aromatic amines is 1. The summed E-state index contributed by atoms with van der Waals surface area (Å²) in [5, 5.41) is 3.71. The molecule has 6 rings (SSSR count). The number of hydrogen-bond acceptors (Lipinski definition) is 6. The van der Waals surface area contributed by atoms with Crippen LogP contribution in [0.25, 0.3) is 22.3 Å². The highest BCUT2D eigenvalue weighted by Crippen LogP contribution is 2.39. The minimum Gasteiger partial charge on any atom is -0.472 e. The van der Waals surface area contributed by atoms with Crippen molar-refractivity contribution in [1.29, 1.82) is 0 Å². The maximum absolute atomic E-state index is 11.2. The molecule has 7 nitrogen and oxygen atoms in total. The molecule has 2 N–H and O–H groups in total. The molecule has 2 saturated heterocycles. The minimum absolute atomic E-state index is 0.344. The Hall–Kier alpha value is -3.19. The second-order valence-corrected chi connectivity index (χ2v) is 8.86. The average molecular weight is 415 g/mol. The van der Waals surface area contributed by atoms with E-state index in [1.165, 1.54) is 25.7 Å². The van der Waals surface area contributed by atoms with Crippen molar-refractivity contribution in [3.8, 4) is 28.1 Å². The van der Waals surface area contributed by atoms with Crippen LogP contribution in [0, 0.1) is 0 Å². The van der Waals surface area contributed by atoms with E-state index in [1.54, 1.807) is 12.4 Å². The van der Waals surface area contributed by atoms with Gasteiger partial charge in [0.25, 0.3) is 0 Å². The largest absolute Gasteiger partial charge is 0.472 e. The Morgan fingerprint density at radius 3 is 2.65 bits per heavy atom. The first kappa shape index (κ1) is 18.6. The number of ether oxygens (including phenoxy) is 1. The predicted molar refractivity (Wildman–Crippen MR) is 119 cm³/mol. The van der Waals surface area contributed by atoms with E-state index >= 15 is 0 Å².